The lowest BCUT2D eigenvalue weighted by Crippen LogP contribution is -1.81. The predicted molar refractivity (Wildman–Crippen MR) is 29.6 cm³/mol. The molecule has 0 radical (unpaired) electrons. The summed E-state index contributed by atoms with van der Waals surface area (Å²) in [5.41, 5.74) is 5.07. The van der Waals surface area contributed by atoms with E-state index < -0.39 is 5.09 Å². The highest BCUT2D eigenvalue weighted by Crippen LogP contribution is 1.81. The number of rotatable bonds is 0. The predicted octanol–water partition coefficient (Wildman–Crippen LogP) is -0.961. The van der Waals surface area contributed by atoms with E-state index in [1.807, 2.05) is 0 Å². The molecule has 0 fully saturated rings. The molecule has 10 heavy (non-hydrogen) atoms. The molecule has 8 heteroatoms. The van der Waals surface area contributed by atoms with Gasteiger partial charge in [0.1, 0.15) is 0 Å². The van der Waals surface area contributed by atoms with Crippen molar-refractivity contribution in [1.82, 2.24) is 15.4 Å². The molecule has 1 aromatic rings. The van der Waals surface area contributed by atoms with Gasteiger partial charge in [0.2, 0.25) is 0 Å². The van der Waals surface area contributed by atoms with E-state index in [0.717, 1.165) is 0 Å². The molecule has 0 saturated heterocycles. The minimum atomic E-state index is -1.50. The molecule has 0 saturated carbocycles. The Morgan fingerprint density at radius 3 is 2.50 bits per heavy atom. The van der Waals surface area contributed by atoms with Gasteiger partial charge in [-0.05, 0) is 0 Å². The quantitative estimate of drug-likeness (QED) is 0.320. The highest BCUT2D eigenvalue weighted by atomic mass is 16.9. The number of hydrogen-bond donors (Lipinski definition) is 3. The summed E-state index contributed by atoms with van der Waals surface area (Å²) in [4.78, 5) is 8.36. The lowest BCUT2D eigenvalue weighted by Gasteiger charge is -1.65. The van der Waals surface area contributed by atoms with E-state index in [1.165, 1.54) is 6.20 Å². The van der Waals surface area contributed by atoms with Crippen LogP contribution in [-0.4, -0.2) is 25.7 Å². The van der Waals surface area contributed by atoms with Crippen LogP contribution in [0.25, 0.3) is 0 Å². The van der Waals surface area contributed by atoms with E-state index in [-0.39, 0.29) is 0 Å². The molecule has 0 unspecified atom stereocenters. The molecule has 1 heterocycles. The van der Waals surface area contributed by atoms with Gasteiger partial charge in [-0.15, -0.1) is 15.2 Å². The average molecular weight is 147 g/mol. The Morgan fingerprint density at radius 1 is 1.90 bits per heavy atom. The van der Waals surface area contributed by atoms with Crippen LogP contribution in [0.3, 0.4) is 0 Å². The number of nitrogens with one attached hydrogen (secondary N) is 1. The number of aromatic nitrogens is 3. The summed E-state index contributed by atoms with van der Waals surface area (Å²) in [6, 6.07) is 0. The molecule has 0 aliphatic heterocycles. The summed E-state index contributed by atoms with van der Waals surface area (Å²) in [5, 5.41) is 22.9. The Hall–Kier alpha value is -1.86. The minimum absolute atomic E-state index is 0.426. The molecule has 0 amide bonds. The fraction of sp³-hybridized carbons (Fsp3) is 0. The zero-order valence-corrected chi connectivity index (χ0v) is 4.76. The largest absolute Gasteiger partial charge is 0.381 e. The maximum atomic E-state index is 8.36. The number of nitrogens with two attached hydrogens (primary N) is 1. The molecule has 0 bridgehead atoms. The molecule has 4 N–H and O–H groups in total. The Kier molecular flexibility index (Phi) is 3.31. The lowest BCUT2D eigenvalue weighted by atomic mass is 10.8. The van der Waals surface area contributed by atoms with Crippen molar-refractivity contribution in [3.05, 3.63) is 16.3 Å². The third kappa shape index (κ3) is 6.14. The maximum absolute atomic E-state index is 8.36. The van der Waals surface area contributed by atoms with Gasteiger partial charge in [-0.3, -0.25) is 0 Å². The molecule has 0 aromatic carbocycles. The van der Waals surface area contributed by atoms with Gasteiger partial charge in [0.25, 0.3) is 5.09 Å². The fourth-order valence-electron chi connectivity index (χ4n) is 0.210. The first-order chi connectivity index (χ1) is 4.63. The van der Waals surface area contributed by atoms with Gasteiger partial charge >= 0.3 is 0 Å². The normalized spacial score (nSPS) is 7.60. The Balaban J connectivity index is 0.000000180. The first-order valence-electron chi connectivity index (χ1n) is 2.07. The molecular formula is C2H5N5O3. The standard InChI is InChI=1S/C2H4N4.HNO3/c3-2-1-4-6-5-2;2-1(3)4/h1H,(H3,3,4,5,6);(H,2,3,4). The molecule has 0 aliphatic carbocycles. The van der Waals surface area contributed by atoms with Gasteiger partial charge < -0.3 is 10.9 Å². The third-order valence-corrected chi connectivity index (χ3v) is 0.434. The number of H-pyrrole nitrogens is 1. The van der Waals surface area contributed by atoms with Crippen molar-refractivity contribution in [2.24, 2.45) is 0 Å². The Bertz CT molecular complexity index is 179. The van der Waals surface area contributed by atoms with Gasteiger partial charge in [-0.25, -0.2) is 0 Å². The van der Waals surface area contributed by atoms with Gasteiger partial charge in [-0.1, -0.05) is 0 Å². The zero-order chi connectivity index (χ0) is 7.98. The molecule has 56 valence electrons. The molecule has 0 atom stereocenters. The van der Waals surface area contributed by atoms with Crippen molar-refractivity contribution >= 4 is 5.82 Å². The highest BCUT2D eigenvalue weighted by Gasteiger charge is 1.76. The number of anilines is 1. The lowest BCUT2D eigenvalue weighted by molar-refractivity contribution is -0.742. The second-order valence-electron chi connectivity index (χ2n) is 1.13. The van der Waals surface area contributed by atoms with E-state index in [9.17, 15) is 0 Å². The van der Waals surface area contributed by atoms with Crippen molar-refractivity contribution in [2.75, 3.05) is 5.73 Å². The van der Waals surface area contributed by atoms with Crippen LogP contribution >= 0.6 is 0 Å². The minimum Gasteiger partial charge on any atom is -0.381 e. The molecule has 0 aliphatic rings. The topological polar surface area (TPSA) is 131 Å². The highest BCUT2D eigenvalue weighted by molar-refractivity contribution is 5.18. The van der Waals surface area contributed by atoms with Gasteiger partial charge in [0.15, 0.2) is 5.82 Å². The van der Waals surface area contributed by atoms with Gasteiger partial charge in [0.05, 0.1) is 6.20 Å². The average Bonchev–Trinajstić information content (AvgIpc) is 2.15. The molecule has 0 spiro atoms. The molecular weight excluding hydrogens is 142 g/mol. The van der Waals surface area contributed by atoms with Gasteiger partial charge in [0, 0.05) is 0 Å². The summed E-state index contributed by atoms with van der Waals surface area (Å²) >= 11 is 0. The smallest absolute Gasteiger partial charge is 0.291 e. The fourth-order valence-corrected chi connectivity index (χ4v) is 0.210. The van der Waals surface area contributed by atoms with Crippen LogP contribution in [0.2, 0.25) is 0 Å². The van der Waals surface area contributed by atoms with Crippen LogP contribution in [0.15, 0.2) is 6.20 Å². The van der Waals surface area contributed by atoms with Crippen LogP contribution in [0.5, 0.6) is 0 Å². The van der Waals surface area contributed by atoms with Crippen molar-refractivity contribution in [3.8, 4) is 0 Å². The molecule has 1 rings (SSSR count). The number of nitrogens with zero attached hydrogens (tertiary/aromatic N) is 3. The summed E-state index contributed by atoms with van der Waals surface area (Å²) in [7, 11) is 0. The summed E-state index contributed by atoms with van der Waals surface area (Å²) < 4.78 is 0. The Labute approximate surface area is 54.8 Å². The number of nitrogen functional groups attached to an aromatic ring is 1. The van der Waals surface area contributed by atoms with Crippen LogP contribution in [-0.2, 0) is 0 Å². The van der Waals surface area contributed by atoms with Crippen molar-refractivity contribution in [3.63, 3.8) is 0 Å². The second kappa shape index (κ2) is 4.06. The summed E-state index contributed by atoms with van der Waals surface area (Å²) in [5.74, 6) is 0.426. The van der Waals surface area contributed by atoms with Crippen molar-refractivity contribution in [2.45, 2.75) is 0 Å². The first kappa shape index (κ1) is 8.14. The van der Waals surface area contributed by atoms with Crippen molar-refractivity contribution in [1.29, 1.82) is 0 Å². The first-order valence-corrected chi connectivity index (χ1v) is 2.07. The number of hydrogen-bond acceptors (Lipinski definition) is 5. The maximum Gasteiger partial charge on any atom is 0.291 e. The van der Waals surface area contributed by atoms with Crippen LogP contribution in [0.1, 0.15) is 0 Å². The van der Waals surface area contributed by atoms with E-state index in [1.54, 1.807) is 0 Å². The second-order valence-corrected chi connectivity index (χ2v) is 1.13. The summed E-state index contributed by atoms with van der Waals surface area (Å²) in [6.07, 6.45) is 1.44. The van der Waals surface area contributed by atoms with E-state index in [0.29, 0.717) is 5.82 Å². The zero-order valence-electron chi connectivity index (χ0n) is 4.76. The molecule has 1 aromatic heterocycles. The van der Waals surface area contributed by atoms with Crippen LogP contribution in [0, 0.1) is 10.1 Å². The van der Waals surface area contributed by atoms with E-state index >= 15 is 0 Å². The monoisotopic (exact) mass is 147 g/mol. The van der Waals surface area contributed by atoms with E-state index in [2.05, 4.69) is 15.4 Å². The van der Waals surface area contributed by atoms with Gasteiger partial charge in [-0.2, -0.15) is 10.3 Å². The third-order valence-electron chi connectivity index (χ3n) is 0.434. The van der Waals surface area contributed by atoms with Crippen LogP contribution in [0.4, 0.5) is 5.82 Å². The summed E-state index contributed by atoms with van der Waals surface area (Å²) in [6.45, 7) is 0. The van der Waals surface area contributed by atoms with Crippen LogP contribution < -0.4 is 5.73 Å². The van der Waals surface area contributed by atoms with Crippen molar-refractivity contribution < 1.29 is 10.3 Å². The molecule has 8 nitrogen and oxygen atoms in total. The SMILES string of the molecule is Nc1cn[nH]n1.O=[N+]([O-])O. The number of aromatic amines is 1. The van der Waals surface area contributed by atoms with E-state index in [4.69, 9.17) is 21.1 Å². The Morgan fingerprint density at radius 2 is 2.40 bits per heavy atom.